The number of aryl methyl sites for hydroxylation is 1. The highest BCUT2D eigenvalue weighted by atomic mass is 16.2. The maximum absolute atomic E-state index is 12.4. The van der Waals surface area contributed by atoms with Gasteiger partial charge in [0.15, 0.2) is 0 Å². The molecule has 0 saturated carbocycles. The number of aromatic nitrogens is 1. The Bertz CT molecular complexity index is 921. The Balaban J connectivity index is 1.69. The Morgan fingerprint density at radius 1 is 1.12 bits per heavy atom. The summed E-state index contributed by atoms with van der Waals surface area (Å²) in [5, 5.41) is 5.02. The van der Waals surface area contributed by atoms with E-state index in [-0.39, 0.29) is 5.91 Å². The predicted molar refractivity (Wildman–Crippen MR) is 108 cm³/mol. The van der Waals surface area contributed by atoms with Crippen LogP contribution in [0.3, 0.4) is 0 Å². The number of fused-ring (bicyclic) bond motifs is 1. The van der Waals surface area contributed by atoms with E-state index >= 15 is 0 Å². The Morgan fingerprint density at radius 3 is 2.50 bits per heavy atom. The number of hydrazone groups is 1. The van der Waals surface area contributed by atoms with Crippen LogP contribution in [0.25, 0.3) is 10.9 Å². The van der Waals surface area contributed by atoms with Gasteiger partial charge in [-0.05, 0) is 37.6 Å². The molecule has 0 aliphatic carbocycles. The molecule has 0 radical (unpaired) electrons. The van der Waals surface area contributed by atoms with Gasteiger partial charge in [-0.2, -0.15) is 5.10 Å². The molecule has 0 spiro atoms. The highest BCUT2D eigenvalue weighted by molar-refractivity contribution is 6.07. The standard InChI is InChI=1S/C21H24N4O/c1-4-25(5-2)17-12-10-16(11-13-17)14-22-23-21(26)19-15-24(3)20-9-7-6-8-18(19)20/h6-15H,4-5H2,1-3H3,(H,23,26)/b22-14-. The van der Waals surface area contributed by atoms with Crippen molar-refractivity contribution in [1.29, 1.82) is 0 Å². The monoisotopic (exact) mass is 348 g/mol. The Morgan fingerprint density at radius 2 is 1.81 bits per heavy atom. The molecule has 134 valence electrons. The molecule has 0 fully saturated rings. The third-order valence-electron chi connectivity index (χ3n) is 4.54. The topological polar surface area (TPSA) is 49.6 Å². The van der Waals surface area contributed by atoms with Crippen molar-refractivity contribution in [1.82, 2.24) is 9.99 Å². The van der Waals surface area contributed by atoms with E-state index < -0.39 is 0 Å². The molecular weight excluding hydrogens is 324 g/mol. The number of amides is 1. The van der Waals surface area contributed by atoms with Gasteiger partial charge in [-0.1, -0.05) is 30.3 Å². The Kier molecular flexibility index (Phi) is 5.37. The van der Waals surface area contributed by atoms with Crippen molar-refractivity contribution in [3.05, 3.63) is 65.9 Å². The van der Waals surface area contributed by atoms with Gasteiger partial charge in [-0.15, -0.1) is 0 Å². The van der Waals surface area contributed by atoms with Crippen LogP contribution in [0.15, 0.2) is 59.8 Å². The molecule has 5 nitrogen and oxygen atoms in total. The molecule has 5 heteroatoms. The average Bonchev–Trinajstić information content (AvgIpc) is 3.01. The van der Waals surface area contributed by atoms with Crippen LogP contribution >= 0.6 is 0 Å². The van der Waals surface area contributed by atoms with Crippen LogP contribution in [0.1, 0.15) is 29.8 Å². The maximum atomic E-state index is 12.4. The highest BCUT2D eigenvalue weighted by Crippen LogP contribution is 2.20. The first kappa shape index (κ1) is 17.7. The number of anilines is 1. The third kappa shape index (κ3) is 3.61. The van der Waals surface area contributed by atoms with Gasteiger partial charge in [0.25, 0.3) is 5.91 Å². The lowest BCUT2D eigenvalue weighted by Gasteiger charge is -2.20. The number of benzene rings is 2. The summed E-state index contributed by atoms with van der Waals surface area (Å²) in [6.45, 7) is 6.24. The van der Waals surface area contributed by atoms with Crippen LogP contribution < -0.4 is 10.3 Å². The second-order valence-corrected chi connectivity index (χ2v) is 6.13. The van der Waals surface area contributed by atoms with Crippen LogP contribution in [0.5, 0.6) is 0 Å². The molecule has 26 heavy (non-hydrogen) atoms. The molecule has 0 aliphatic rings. The molecule has 1 amide bonds. The van der Waals surface area contributed by atoms with Crippen molar-refractivity contribution in [3.63, 3.8) is 0 Å². The first-order chi connectivity index (χ1) is 12.6. The fraction of sp³-hybridized carbons (Fsp3) is 0.238. The summed E-state index contributed by atoms with van der Waals surface area (Å²) in [6, 6.07) is 16.0. The van der Waals surface area contributed by atoms with E-state index in [9.17, 15) is 4.79 Å². The van der Waals surface area contributed by atoms with Gasteiger partial charge in [0.1, 0.15) is 0 Å². The van der Waals surface area contributed by atoms with Crippen LogP contribution in [0.2, 0.25) is 0 Å². The average molecular weight is 348 g/mol. The van der Waals surface area contributed by atoms with Gasteiger partial charge in [0, 0.05) is 42.9 Å². The summed E-state index contributed by atoms with van der Waals surface area (Å²) in [6.07, 6.45) is 3.49. The molecule has 0 bridgehead atoms. The molecule has 0 atom stereocenters. The van der Waals surface area contributed by atoms with Gasteiger partial charge >= 0.3 is 0 Å². The SMILES string of the molecule is CCN(CC)c1ccc(/C=N\NC(=O)c2cn(C)c3ccccc23)cc1. The van der Waals surface area contributed by atoms with E-state index in [2.05, 4.69) is 41.4 Å². The van der Waals surface area contributed by atoms with Crippen molar-refractivity contribution in [2.75, 3.05) is 18.0 Å². The van der Waals surface area contributed by atoms with Crippen LogP contribution in [-0.4, -0.2) is 29.8 Å². The molecule has 0 aliphatic heterocycles. The van der Waals surface area contributed by atoms with E-state index in [1.54, 1.807) is 6.21 Å². The van der Waals surface area contributed by atoms with Gasteiger partial charge in [0.2, 0.25) is 0 Å². The van der Waals surface area contributed by atoms with E-state index in [4.69, 9.17) is 0 Å². The van der Waals surface area contributed by atoms with E-state index in [1.165, 1.54) is 5.69 Å². The Labute approximate surface area is 153 Å². The highest BCUT2D eigenvalue weighted by Gasteiger charge is 2.12. The summed E-state index contributed by atoms with van der Waals surface area (Å²) >= 11 is 0. The molecule has 2 aromatic carbocycles. The van der Waals surface area contributed by atoms with Crippen molar-refractivity contribution in [3.8, 4) is 0 Å². The number of rotatable bonds is 6. The van der Waals surface area contributed by atoms with Gasteiger partial charge in [-0.25, -0.2) is 5.43 Å². The number of carbonyl (C=O) groups excluding carboxylic acids is 1. The lowest BCUT2D eigenvalue weighted by atomic mass is 10.2. The lowest BCUT2D eigenvalue weighted by molar-refractivity contribution is 0.0956. The van der Waals surface area contributed by atoms with E-state index in [0.29, 0.717) is 5.56 Å². The van der Waals surface area contributed by atoms with Crippen molar-refractivity contribution < 1.29 is 4.79 Å². The summed E-state index contributed by atoms with van der Waals surface area (Å²) in [4.78, 5) is 14.7. The molecule has 3 rings (SSSR count). The smallest absolute Gasteiger partial charge is 0.273 e. The minimum atomic E-state index is -0.210. The zero-order valence-electron chi connectivity index (χ0n) is 15.4. The van der Waals surface area contributed by atoms with Gasteiger partial charge in [-0.3, -0.25) is 4.79 Å². The first-order valence-corrected chi connectivity index (χ1v) is 8.86. The molecule has 0 saturated heterocycles. The zero-order valence-corrected chi connectivity index (χ0v) is 15.4. The predicted octanol–water partition coefficient (Wildman–Crippen LogP) is 3.79. The summed E-state index contributed by atoms with van der Waals surface area (Å²) < 4.78 is 1.94. The summed E-state index contributed by atoms with van der Waals surface area (Å²) in [7, 11) is 1.93. The molecule has 1 aromatic heterocycles. The van der Waals surface area contributed by atoms with Crippen molar-refractivity contribution in [2.24, 2.45) is 12.1 Å². The van der Waals surface area contributed by atoms with Crippen molar-refractivity contribution in [2.45, 2.75) is 13.8 Å². The molecule has 1 heterocycles. The number of nitrogens with one attached hydrogen (secondary N) is 1. The minimum Gasteiger partial charge on any atom is -0.372 e. The third-order valence-corrected chi connectivity index (χ3v) is 4.54. The van der Waals surface area contributed by atoms with Gasteiger partial charge in [0.05, 0.1) is 11.8 Å². The molecular formula is C21H24N4O. The minimum absolute atomic E-state index is 0.210. The maximum Gasteiger partial charge on any atom is 0.273 e. The molecule has 3 aromatic rings. The number of hydrogen-bond acceptors (Lipinski definition) is 3. The van der Waals surface area contributed by atoms with E-state index in [0.717, 1.165) is 29.6 Å². The fourth-order valence-corrected chi connectivity index (χ4v) is 3.11. The summed E-state index contributed by atoms with van der Waals surface area (Å²) in [5.41, 5.74) is 6.39. The fourth-order valence-electron chi connectivity index (χ4n) is 3.11. The second kappa shape index (κ2) is 7.87. The van der Waals surface area contributed by atoms with Crippen LogP contribution in [0, 0.1) is 0 Å². The van der Waals surface area contributed by atoms with Crippen LogP contribution in [0.4, 0.5) is 5.69 Å². The lowest BCUT2D eigenvalue weighted by Crippen LogP contribution is -2.21. The molecule has 1 N–H and O–H groups in total. The van der Waals surface area contributed by atoms with Crippen LogP contribution in [-0.2, 0) is 7.05 Å². The number of carbonyl (C=O) groups is 1. The summed E-state index contributed by atoms with van der Waals surface area (Å²) in [5.74, 6) is -0.210. The zero-order chi connectivity index (χ0) is 18.5. The van der Waals surface area contributed by atoms with Crippen molar-refractivity contribution >= 4 is 28.7 Å². The normalized spacial score (nSPS) is 11.2. The number of para-hydroxylation sites is 1. The Hall–Kier alpha value is -3.08. The first-order valence-electron chi connectivity index (χ1n) is 8.86. The second-order valence-electron chi connectivity index (χ2n) is 6.13. The number of nitrogens with zero attached hydrogens (tertiary/aromatic N) is 3. The number of hydrogen-bond donors (Lipinski definition) is 1. The van der Waals surface area contributed by atoms with E-state index in [1.807, 2.05) is 54.2 Å². The van der Waals surface area contributed by atoms with Gasteiger partial charge < -0.3 is 9.47 Å². The quantitative estimate of drug-likeness (QED) is 0.544. The largest absolute Gasteiger partial charge is 0.372 e. The molecule has 0 unspecified atom stereocenters.